The van der Waals surface area contributed by atoms with Crippen LogP contribution in [-0.2, 0) is 6.54 Å². The molecule has 2 aromatic rings. The number of benzene rings is 1. The lowest BCUT2D eigenvalue weighted by Gasteiger charge is -2.36. The number of aromatic amines is 1. The van der Waals surface area contributed by atoms with Crippen molar-refractivity contribution < 1.29 is 5.11 Å². The average Bonchev–Trinajstić information content (AvgIpc) is 2.70. The zero-order valence-electron chi connectivity index (χ0n) is 11.8. The third-order valence-electron chi connectivity index (χ3n) is 4.86. The number of piperidine rings is 1. The molecule has 2 fully saturated rings. The van der Waals surface area contributed by atoms with E-state index in [1.807, 2.05) is 24.3 Å². The van der Waals surface area contributed by atoms with Crippen molar-refractivity contribution in [3.8, 4) is 0 Å². The molecule has 1 aromatic carbocycles. The Morgan fingerprint density at radius 1 is 1.24 bits per heavy atom. The van der Waals surface area contributed by atoms with Crippen molar-refractivity contribution in [2.75, 3.05) is 0 Å². The summed E-state index contributed by atoms with van der Waals surface area (Å²) in [5.41, 5.74) is 2.10. The van der Waals surface area contributed by atoms with Crippen molar-refractivity contribution >= 4 is 11.0 Å². The quantitative estimate of drug-likeness (QED) is 0.875. The number of aliphatic hydroxyl groups excluding tert-OH is 1. The molecule has 5 nitrogen and oxygen atoms in total. The third-order valence-corrected chi connectivity index (χ3v) is 4.86. The second-order valence-electron chi connectivity index (χ2n) is 6.21. The lowest BCUT2D eigenvalue weighted by Crippen LogP contribution is -2.45. The molecule has 2 aliphatic rings. The second-order valence-corrected chi connectivity index (χ2v) is 6.21. The molecule has 3 heterocycles. The number of nitrogens with one attached hydrogen (secondary N) is 1. The van der Waals surface area contributed by atoms with Crippen LogP contribution in [0.3, 0.4) is 0 Å². The minimum atomic E-state index is -0.179. The van der Waals surface area contributed by atoms with Gasteiger partial charge in [-0.05, 0) is 37.8 Å². The first-order chi connectivity index (χ1) is 10.2. The Morgan fingerprint density at radius 2 is 1.95 bits per heavy atom. The summed E-state index contributed by atoms with van der Waals surface area (Å²) in [6.07, 6.45) is 3.70. The monoisotopic (exact) mass is 285 g/mol. The number of rotatable bonds is 2. The van der Waals surface area contributed by atoms with E-state index in [0.29, 0.717) is 24.3 Å². The van der Waals surface area contributed by atoms with Gasteiger partial charge in [-0.2, -0.15) is 0 Å². The smallest absolute Gasteiger partial charge is 0.271 e. The Morgan fingerprint density at radius 3 is 2.71 bits per heavy atom. The number of para-hydroxylation sites is 2. The van der Waals surface area contributed by atoms with Gasteiger partial charge in [0.05, 0.1) is 17.1 Å². The van der Waals surface area contributed by atoms with Crippen molar-refractivity contribution in [1.29, 1.82) is 0 Å². The van der Waals surface area contributed by atoms with Gasteiger partial charge in [-0.25, -0.2) is 4.98 Å². The van der Waals surface area contributed by atoms with E-state index in [4.69, 9.17) is 0 Å². The summed E-state index contributed by atoms with van der Waals surface area (Å²) in [5, 5.41) is 9.86. The van der Waals surface area contributed by atoms with E-state index in [0.717, 1.165) is 36.7 Å². The standard InChI is InChI=1S/C16H19N3O2/c20-12-7-10-5-6-11(8-12)19(10)9-15-16(21)18-14-4-2-1-3-13(14)17-15/h1-4,10-12,20H,5-9H2,(H,18,21). The number of H-pyrrole nitrogens is 1. The minimum Gasteiger partial charge on any atom is -0.393 e. The molecular formula is C16H19N3O2. The zero-order valence-corrected chi connectivity index (χ0v) is 11.8. The number of hydrogen-bond donors (Lipinski definition) is 2. The molecule has 2 N–H and O–H groups in total. The van der Waals surface area contributed by atoms with Gasteiger partial charge in [-0.1, -0.05) is 12.1 Å². The van der Waals surface area contributed by atoms with Crippen LogP contribution in [0.4, 0.5) is 0 Å². The Bertz CT molecular complexity index is 713. The second kappa shape index (κ2) is 4.93. The lowest BCUT2D eigenvalue weighted by molar-refractivity contribution is 0.0302. The molecular weight excluding hydrogens is 266 g/mol. The van der Waals surface area contributed by atoms with E-state index in [1.165, 1.54) is 0 Å². The molecule has 2 unspecified atom stereocenters. The van der Waals surface area contributed by atoms with Crippen LogP contribution in [-0.4, -0.2) is 38.2 Å². The molecule has 110 valence electrons. The number of aromatic nitrogens is 2. The Hall–Kier alpha value is -1.72. The molecule has 21 heavy (non-hydrogen) atoms. The summed E-state index contributed by atoms with van der Waals surface area (Å²) in [4.78, 5) is 22.0. The van der Waals surface area contributed by atoms with Crippen LogP contribution in [0.5, 0.6) is 0 Å². The largest absolute Gasteiger partial charge is 0.393 e. The van der Waals surface area contributed by atoms with E-state index in [2.05, 4.69) is 14.9 Å². The van der Waals surface area contributed by atoms with Gasteiger partial charge >= 0.3 is 0 Å². The van der Waals surface area contributed by atoms with Gasteiger partial charge < -0.3 is 10.1 Å². The molecule has 2 bridgehead atoms. The van der Waals surface area contributed by atoms with Crippen LogP contribution in [0.2, 0.25) is 0 Å². The topological polar surface area (TPSA) is 69.2 Å². The van der Waals surface area contributed by atoms with Crippen molar-refractivity contribution in [3.05, 3.63) is 40.3 Å². The first kappa shape index (κ1) is 13.0. The van der Waals surface area contributed by atoms with Crippen LogP contribution in [0.15, 0.2) is 29.1 Å². The summed E-state index contributed by atoms with van der Waals surface area (Å²) < 4.78 is 0. The van der Waals surface area contributed by atoms with E-state index >= 15 is 0 Å². The van der Waals surface area contributed by atoms with E-state index < -0.39 is 0 Å². The van der Waals surface area contributed by atoms with Crippen molar-refractivity contribution in [1.82, 2.24) is 14.9 Å². The maximum atomic E-state index is 12.2. The fourth-order valence-electron chi connectivity index (χ4n) is 3.85. The van der Waals surface area contributed by atoms with Crippen molar-refractivity contribution in [3.63, 3.8) is 0 Å². The van der Waals surface area contributed by atoms with Crippen LogP contribution in [0, 0.1) is 0 Å². The van der Waals surface area contributed by atoms with Crippen LogP contribution in [0.25, 0.3) is 11.0 Å². The van der Waals surface area contributed by atoms with Gasteiger partial charge in [-0.15, -0.1) is 0 Å². The number of aliphatic hydroxyl groups is 1. The Kier molecular flexibility index (Phi) is 3.05. The van der Waals surface area contributed by atoms with Crippen LogP contribution in [0.1, 0.15) is 31.4 Å². The molecule has 5 heteroatoms. The van der Waals surface area contributed by atoms with Gasteiger partial charge in [0, 0.05) is 18.6 Å². The summed E-state index contributed by atoms with van der Waals surface area (Å²) in [5.74, 6) is 0. The van der Waals surface area contributed by atoms with Crippen LogP contribution >= 0.6 is 0 Å². The minimum absolute atomic E-state index is 0.0979. The first-order valence-electron chi connectivity index (χ1n) is 7.62. The predicted molar refractivity (Wildman–Crippen MR) is 80.0 cm³/mol. The van der Waals surface area contributed by atoms with Crippen molar-refractivity contribution in [2.24, 2.45) is 0 Å². The molecule has 0 radical (unpaired) electrons. The summed E-state index contributed by atoms with van der Waals surface area (Å²) in [7, 11) is 0. The number of hydrogen-bond acceptors (Lipinski definition) is 4. The maximum absolute atomic E-state index is 12.2. The highest BCUT2D eigenvalue weighted by Crippen LogP contribution is 2.36. The lowest BCUT2D eigenvalue weighted by atomic mass is 10.00. The third kappa shape index (κ3) is 2.26. The highest BCUT2D eigenvalue weighted by molar-refractivity contribution is 5.73. The van der Waals surface area contributed by atoms with E-state index in [-0.39, 0.29) is 11.7 Å². The molecule has 2 atom stereocenters. The fourth-order valence-corrected chi connectivity index (χ4v) is 3.85. The van der Waals surface area contributed by atoms with Gasteiger partial charge in [0.25, 0.3) is 5.56 Å². The Balaban J connectivity index is 1.66. The molecule has 2 saturated heterocycles. The average molecular weight is 285 g/mol. The molecule has 1 aromatic heterocycles. The van der Waals surface area contributed by atoms with E-state index in [9.17, 15) is 9.90 Å². The molecule has 0 saturated carbocycles. The van der Waals surface area contributed by atoms with Gasteiger partial charge in [0.1, 0.15) is 5.69 Å². The highest BCUT2D eigenvalue weighted by Gasteiger charge is 2.40. The van der Waals surface area contributed by atoms with Gasteiger partial charge in [-0.3, -0.25) is 9.69 Å². The van der Waals surface area contributed by atoms with Crippen molar-refractivity contribution in [2.45, 2.75) is 50.4 Å². The summed E-state index contributed by atoms with van der Waals surface area (Å²) in [6, 6.07) is 8.40. The normalized spacial score (nSPS) is 29.1. The van der Waals surface area contributed by atoms with Gasteiger partial charge in [0.15, 0.2) is 0 Å². The molecule has 0 amide bonds. The number of nitrogens with zero attached hydrogens (tertiary/aromatic N) is 2. The van der Waals surface area contributed by atoms with E-state index in [1.54, 1.807) is 0 Å². The SMILES string of the molecule is O=c1[nH]c2ccccc2nc1CN1C2CCC1CC(O)C2. The number of fused-ring (bicyclic) bond motifs is 3. The summed E-state index contributed by atoms with van der Waals surface area (Å²) in [6.45, 7) is 0.586. The molecule has 0 aliphatic carbocycles. The fraction of sp³-hybridized carbons (Fsp3) is 0.500. The highest BCUT2D eigenvalue weighted by atomic mass is 16.3. The molecule has 0 spiro atoms. The molecule has 2 aliphatic heterocycles. The molecule has 4 rings (SSSR count). The maximum Gasteiger partial charge on any atom is 0.271 e. The summed E-state index contributed by atoms with van der Waals surface area (Å²) >= 11 is 0. The van der Waals surface area contributed by atoms with Gasteiger partial charge in [0.2, 0.25) is 0 Å². The zero-order chi connectivity index (χ0) is 14.4. The van der Waals surface area contributed by atoms with Crippen LogP contribution < -0.4 is 5.56 Å². The first-order valence-corrected chi connectivity index (χ1v) is 7.62. The Labute approximate surface area is 122 Å². The predicted octanol–water partition coefficient (Wildman–Crippen LogP) is 1.41.